The van der Waals surface area contributed by atoms with E-state index in [2.05, 4.69) is 21.2 Å². The lowest BCUT2D eigenvalue weighted by atomic mass is 10.2. The van der Waals surface area contributed by atoms with Gasteiger partial charge in [0.15, 0.2) is 6.61 Å². The molecule has 0 atom stereocenters. The van der Waals surface area contributed by atoms with Crippen LogP contribution in [0.2, 0.25) is 0 Å². The van der Waals surface area contributed by atoms with Gasteiger partial charge in [-0.3, -0.25) is 9.59 Å². The van der Waals surface area contributed by atoms with Gasteiger partial charge < -0.3 is 15.0 Å². The van der Waals surface area contributed by atoms with Crippen molar-refractivity contribution in [3.63, 3.8) is 0 Å². The van der Waals surface area contributed by atoms with Crippen molar-refractivity contribution in [2.45, 2.75) is 6.54 Å². The first-order chi connectivity index (χ1) is 14.0. The van der Waals surface area contributed by atoms with Crippen molar-refractivity contribution in [3.05, 3.63) is 94.5 Å². The molecule has 148 valence electrons. The zero-order valence-corrected chi connectivity index (χ0v) is 17.6. The molecule has 0 aliphatic rings. The third-order valence-electron chi connectivity index (χ3n) is 4.31. The molecule has 0 aliphatic heterocycles. The van der Waals surface area contributed by atoms with Crippen molar-refractivity contribution < 1.29 is 14.3 Å². The summed E-state index contributed by atoms with van der Waals surface area (Å²) in [5, 5.41) is 2.83. The normalized spacial score (nSPS) is 10.3. The van der Waals surface area contributed by atoms with Crippen LogP contribution in [-0.4, -0.2) is 30.4 Å². The second-order valence-electron chi connectivity index (χ2n) is 6.45. The molecular weight excluding hydrogens is 432 g/mol. The number of halogens is 1. The van der Waals surface area contributed by atoms with Gasteiger partial charge in [0.25, 0.3) is 11.8 Å². The minimum atomic E-state index is -0.291. The highest BCUT2D eigenvalue weighted by atomic mass is 79.9. The van der Waals surface area contributed by atoms with Crippen molar-refractivity contribution in [2.24, 2.45) is 0 Å². The Kier molecular flexibility index (Phi) is 7.03. The van der Waals surface area contributed by atoms with E-state index >= 15 is 0 Å². The molecule has 0 spiro atoms. The summed E-state index contributed by atoms with van der Waals surface area (Å²) in [6.45, 7) is 0.302. The number of ether oxygens (including phenoxy) is 1. The minimum Gasteiger partial charge on any atom is -0.483 e. The molecule has 0 saturated heterocycles. The topological polar surface area (TPSA) is 58.6 Å². The third kappa shape index (κ3) is 5.68. The number of likely N-dealkylation sites (N-methyl/N-ethyl adjacent to an activating group) is 1. The molecule has 0 heterocycles. The van der Waals surface area contributed by atoms with Gasteiger partial charge in [0.1, 0.15) is 5.75 Å². The number of hydrogen-bond donors (Lipinski definition) is 1. The SMILES string of the molecule is CN(Cc1ccccc1Br)C(=O)COc1ccccc1C(=O)Nc1ccccc1. The Balaban J connectivity index is 1.62. The molecule has 29 heavy (non-hydrogen) atoms. The summed E-state index contributed by atoms with van der Waals surface area (Å²) >= 11 is 3.49. The van der Waals surface area contributed by atoms with Crippen LogP contribution < -0.4 is 10.1 Å². The van der Waals surface area contributed by atoms with Crippen LogP contribution in [0.4, 0.5) is 5.69 Å². The fourth-order valence-electron chi connectivity index (χ4n) is 2.72. The summed E-state index contributed by atoms with van der Waals surface area (Å²) in [5.74, 6) is -0.108. The number of benzene rings is 3. The predicted octanol–water partition coefficient (Wildman–Crippen LogP) is 4.74. The quantitative estimate of drug-likeness (QED) is 0.563. The summed E-state index contributed by atoms with van der Waals surface area (Å²) in [6, 6.07) is 23.8. The van der Waals surface area contributed by atoms with Crippen molar-refractivity contribution >= 4 is 33.4 Å². The summed E-state index contributed by atoms with van der Waals surface area (Å²) < 4.78 is 6.63. The van der Waals surface area contributed by atoms with Gasteiger partial charge >= 0.3 is 0 Å². The molecule has 3 aromatic carbocycles. The number of amides is 2. The Morgan fingerprint density at radius 1 is 0.931 bits per heavy atom. The molecule has 2 amide bonds. The fraction of sp³-hybridized carbons (Fsp3) is 0.130. The van der Waals surface area contributed by atoms with Crippen LogP contribution in [0.1, 0.15) is 15.9 Å². The van der Waals surface area contributed by atoms with Crippen LogP contribution in [0.25, 0.3) is 0 Å². The number of rotatable bonds is 7. The maximum Gasteiger partial charge on any atom is 0.260 e. The highest BCUT2D eigenvalue weighted by Crippen LogP contribution is 2.21. The van der Waals surface area contributed by atoms with E-state index in [-0.39, 0.29) is 18.4 Å². The number of nitrogens with zero attached hydrogens (tertiary/aromatic N) is 1. The molecule has 1 N–H and O–H groups in total. The lowest BCUT2D eigenvalue weighted by Crippen LogP contribution is -2.31. The van der Waals surface area contributed by atoms with Gasteiger partial charge in [-0.25, -0.2) is 0 Å². The summed E-state index contributed by atoms with van der Waals surface area (Å²) in [6.07, 6.45) is 0. The van der Waals surface area contributed by atoms with Crippen LogP contribution in [0.5, 0.6) is 5.75 Å². The second-order valence-corrected chi connectivity index (χ2v) is 7.30. The Bertz CT molecular complexity index is 992. The van der Waals surface area contributed by atoms with Crippen LogP contribution in [0.15, 0.2) is 83.3 Å². The van der Waals surface area contributed by atoms with Crippen LogP contribution >= 0.6 is 15.9 Å². The van der Waals surface area contributed by atoms with E-state index in [4.69, 9.17) is 4.74 Å². The van der Waals surface area contributed by atoms with Crippen molar-refractivity contribution in [1.82, 2.24) is 4.90 Å². The molecular formula is C23H21BrN2O3. The van der Waals surface area contributed by atoms with Gasteiger partial charge in [-0.15, -0.1) is 0 Å². The lowest BCUT2D eigenvalue weighted by Gasteiger charge is -2.19. The van der Waals surface area contributed by atoms with E-state index in [0.29, 0.717) is 23.5 Å². The van der Waals surface area contributed by atoms with E-state index in [1.165, 1.54) is 0 Å². The van der Waals surface area contributed by atoms with E-state index < -0.39 is 0 Å². The number of nitrogens with one attached hydrogen (secondary N) is 1. The predicted molar refractivity (Wildman–Crippen MR) is 117 cm³/mol. The van der Waals surface area contributed by atoms with Crippen molar-refractivity contribution in [2.75, 3.05) is 19.0 Å². The van der Waals surface area contributed by atoms with Gasteiger partial charge in [-0.1, -0.05) is 64.5 Å². The van der Waals surface area contributed by atoms with E-state index in [0.717, 1.165) is 10.0 Å². The molecule has 3 aromatic rings. The Morgan fingerprint density at radius 3 is 2.34 bits per heavy atom. The Hall–Kier alpha value is -3.12. The van der Waals surface area contributed by atoms with E-state index in [1.54, 1.807) is 36.2 Å². The standard InChI is InChI=1S/C23H21BrN2O3/c1-26(15-17-9-5-7-13-20(17)24)22(27)16-29-21-14-8-6-12-19(21)23(28)25-18-10-3-2-4-11-18/h2-14H,15-16H2,1H3,(H,25,28). The van der Waals surface area contributed by atoms with Crippen molar-refractivity contribution in [1.29, 1.82) is 0 Å². The zero-order chi connectivity index (χ0) is 20.6. The number of carbonyl (C=O) groups excluding carboxylic acids is 2. The van der Waals surface area contributed by atoms with E-state index in [9.17, 15) is 9.59 Å². The maximum absolute atomic E-state index is 12.6. The van der Waals surface area contributed by atoms with Gasteiger partial charge in [-0.05, 0) is 35.9 Å². The number of para-hydroxylation sites is 2. The monoisotopic (exact) mass is 452 g/mol. The largest absolute Gasteiger partial charge is 0.483 e. The molecule has 0 unspecified atom stereocenters. The first kappa shape index (κ1) is 20.6. The van der Waals surface area contributed by atoms with Crippen LogP contribution in [-0.2, 0) is 11.3 Å². The number of hydrogen-bond acceptors (Lipinski definition) is 3. The first-order valence-electron chi connectivity index (χ1n) is 9.10. The molecule has 6 heteroatoms. The smallest absolute Gasteiger partial charge is 0.260 e. The average molecular weight is 453 g/mol. The molecule has 0 saturated carbocycles. The Morgan fingerprint density at radius 2 is 1.59 bits per heavy atom. The minimum absolute atomic E-state index is 0.156. The molecule has 0 aliphatic carbocycles. The first-order valence-corrected chi connectivity index (χ1v) is 9.89. The summed E-state index contributed by atoms with van der Waals surface area (Å²) in [4.78, 5) is 26.7. The van der Waals surface area contributed by atoms with Gasteiger partial charge in [0.2, 0.25) is 0 Å². The molecule has 0 aromatic heterocycles. The third-order valence-corrected chi connectivity index (χ3v) is 5.08. The summed E-state index contributed by atoms with van der Waals surface area (Å²) in [7, 11) is 1.72. The van der Waals surface area contributed by atoms with Gasteiger partial charge in [-0.2, -0.15) is 0 Å². The second kappa shape index (κ2) is 9.89. The average Bonchev–Trinajstić information content (AvgIpc) is 2.74. The summed E-state index contributed by atoms with van der Waals surface area (Å²) in [5.41, 5.74) is 2.07. The molecule has 5 nitrogen and oxygen atoms in total. The fourth-order valence-corrected chi connectivity index (χ4v) is 3.13. The Labute approximate surface area is 178 Å². The zero-order valence-electron chi connectivity index (χ0n) is 16.0. The molecule has 0 fully saturated rings. The van der Waals surface area contributed by atoms with Gasteiger partial charge in [0, 0.05) is 23.8 Å². The molecule has 0 bridgehead atoms. The molecule has 3 rings (SSSR count). The van der Waals surface area contributed by atoms with E-state index in [1.807, 2.05) is 54.6 Å². The highest BCUT2D eigenvalue weighted by molar-refractivity contribution is 9.10. The highest BCUT2D eigenvalue weighted by Gasteiger charge is 2.16. The molecule has 0 radical (unpaired) electrons. The number of carbonyl (C=O) groups is 2. The van der Waals surface area contributed by atoms with Crippen LogP contribution in [0, 0.1) is 0 Å². The maximum atomic E-state index is 12.6. The van der Waals surface area contributed by atoms with Crippen LogP contribution in [0.3, 0.4) is 0 Å². The lowest BCUT2D eigenvalue weighted by molar-refractivity contribution is -0.132. The number of anilines is 1. The van der Waals surface area contributed by atoms with Crippen molar-refractivity contribution in [3.8, 4) is 5.75 Å². The van der Waals surface area contributed by atoms with Gasteiger partial charge in [0.05, 0.1) is 5.56 Å².